The van der Waals surface area contributed by atoms with E-state index in [4.69, 9.17) is 9.47 Å². The smallest absolute Gasteiger partial charge is 0.130 e. The maximum atomic E-state index is 9.94. The molecule has 0 saturated carbocycles. The molecule has 0 radical (unpaired) electrons. The minimum absolute atomic E-state index is 0.475. The van der Waals surface area contributed by atoms with Crippen molar-refractivity contribution in [3.05, 3.63) is 29.3 Å². The van der Waals surface area contributed by atoms with Gasteiger partial charge in [-0.15, -0.1) is 0 Å². The molecular weight excluding hydrogens is 206 g/mol. The third-order valence-corrected chi connectivity index (χ3v) is 2.39. The number of benzene rings is 1. The molecule has 0 aromatic heterocycles. The average molecular weight is 225 g/mol. The molecule has 0 aliphatic carbocycles. The van der Waals surface area contributed by atoms with Gasteiger partial charge in [-0.2, -0.15) is 0 Å². The highest BCUT2D eigenvalue weighted by Gasteiger charge is 2.15. The molecular formula is C12H19NO3. The van der Waals surface area contributed by atoms with Crippen LogP contribution < -0.4 is 10.1 Å². The Morgan fingerprint density at radius 1 is 1.38 bits per heavy atom. The Morgan fingerprint density at radius 2 is 2.12 bits per heavy atom. The maximum absolute atomic E-state index is 9.94. The largest absolute Gasteiger partial charge is 0.496 e. The summed E-state index contributed by atoms with van der Waals surface area (Å²) in [5, 5.41) is 12.9. The molecule has 1 aromatic carbocycles. The van der Waals surface area contributed by atoms with Gasteiger partial charge in [0.05, 0.1) is 19.8 Å². The molecule has 2 N–H and O–H groups in total. The Bertz CT molecular complexity index is 328. The number of nitrogens with one attached hydrogen (secondary N) is 1. The summed E-state index contributed by atoms with van der Waals surface area (Å²) in [6, 6.07) is 5.68. The number of aliphatic hydroxyl groups excluding tert-OH is 1. The van der Waals surface area contributed by atoms with Gasteiger partial charge < -0.3 is 19.9 Å². The summed E-state index contributed by atoms with van der Waals surface area (Å²) < 4.78 is 10.4. The second kappa shape index (κ2) is 6.48. The molecule has 0 heterocycles. The molecule has 0 bridgehead atoms. The number of para-hydroxylation sites is 1. The summed E-state index contributed by atoms with van der Waals surface area (Å²) in [7, 11) is 5.04. The van der Waals surface area contributed by atoms with Gasteiger partial charge in [0.15, 0.2) is 0 Å². The number of methoxy groups -OCH3 is 2. The second-order valence-corrected chi connectivity index (χ2v) is 3.55. The predicted molar refractivity (Wildman–Crippen MR) is 62.6 cm³/mol. The van der Waals surface area contributed by atoms with Crippen LogP contribution in [0.25, 0.3) is 0 Å². The fourth-order valence-electron chi connectivity index (χ4n) is 1.69. The van der Waals surface area contributed by atoms with E-state index in [-0.39, 0.29) is 0 Å². The molecule has 1 rings (SSSR count). The van der Waals surface area contributed by atoms with Crippen molar-refractivity contribution in [3.63, 3.8) is 0 Å². The Kier molecular flexibility index (Phi) is 5.25. The highest BCUT2D eigenvalue weighted by atomic mass is 16.5. The van der Waals surface area contributed by atoms with Crippen LogP contribution in [0.4, 0.5) is 0 Å². The summed E-state index contributed by atoms with van der Waals surface area (Å²) in [5.41, 5.74) is 1.73. The fraction of sp³-hybridized carbons (Fsp3) is 0.500. The first kappa shape index (κ1) is 13.0. The number of hydrogen-bond acceptors (Lipinski definition) is 4. The lowest BCUT2D eigenvalue weighted by Crippen LogP contribution is -2.17. The molecule has 0 fully saturated rings. The average Bonchev–Trinajstić information content (AvgIpc) is 2.29. The van der Waals surface area contributed by atoms with E-state index in [9.17, 15) is 5.11 Å². The molecule has 0 amide bonds. The van der Waals surface area contributed by atoms with Crippen LogP contribution in [-0.2, 0) is 11.3 Å². The first-order valence-electron chi connectivity index (χ1n) is 5.22. The molecule has 1 unspecified atom stereocenters. The summed E-state index contributed by atoms with van der Waals surface area (Å²) in [5.74, 6) is 0.701. The number of hydrogen-bond donors (Lipinski definition) is 2. The van der Waals surface area contributed by atoms with E-state index in [2.05, 4.69) is 5.32 Å². The van der Waals surface area contributed by atoms with Gasteiger partial charge in [-0.1, -0.05) is 18.2 Å². The van der Waals surface area contributed by atoms with Crippen LogP contribution in [0.5, 0.6) is 5.75 Å². The predicted octanol–water partition coefficient (Wildman–Crippen LogP) is 1.09. The van der Waals surface area contributed by atoms with Crippen LogP contribution in [-0.4, -0.2) is 32.9 Å². The lowest BCUT2D eigenvalue weighted by atomic mass is 10.0. The molecule has 1 atom stereocenters. The lowest BCUT2D eigenvalue weighted by molar-refractivity contribution is 0.167. The lowest BCUT2D eigenvalue weighted by Gasteiger charge is -2.17. The van der Waals surface area contributed by atoms with Gasteiger partial charge >= 0.3 is 0 Å². The molecule has 90 valence electrons. The number of aliphatic hydroxyl groups is 1. The number of rotatable bonds is 6. The Labute approximate surface area is 96.2 Å². The van der Waals surface area contributed by atoms with Crippen molar-refractivity contribution in [2.45, 2.75) is 12.7 Å². The van der Waals surface area contributed by atoms with Crippen LogP contribution in [0.15, 0.2) is 18.2 Å². The summed E-state index contributed by atoms with van der Waals surface area (Å²) in [6.07, 6.45) is -0.572. The van der Waals surface area contributed by atoms with E-state index in [0.29, 0.717) is 18.9 Å². The molecule has 4 heteroatoms. The SMILES string of the molecule is CNCC(O)c1cccc(COC)c1OC. The Morgan fingerprint density at radius 3 is 2.69 bits per heavy atom. The Balaban J connectivity index is 3.02. The number of likely N-dealkylation sites (N-methyl/N-ethyl adjacent to an activating group) is 1. The highest BCUT2D eigenvalue weighted by Crippen LogP contribution is 2.29. The summed E-state index contributed by atoms with van der Waals surface area (Å²) in [4.78, 5) is 0. The third kappa shape index (κ3) is 2.95. The van der Waals surface area contributed by atoms with Gasteiger partial charge in [0.1, 0.15) is 5.75 Å². The Hall–Kier alpha value is -1.10. The van der Waals surface area contributed by atoms with Crippen molar-refractivity contribution in [1.82, 2.24) is 5.32 Å². The van der Waals surface area contributed by atoms with Crippen molar-refractivity contribution in [3.8, 4) is 5.75 Å². The van der Waals surface area contributed by atoms with E-state index in [1.165, 1.54) is 0 Å². The normalized spacial score (nSPS) is 12.5. The van der Waals surface area contributed by atoms with Crippen molar-refractivity contribution in [2.75, 3.05) is 27.8 Å². The molecule has 16 heavy (non-hydrogen) atoms. The van der Waals surface area contributed by atoms with Gasteiger partial charge in [-0.05, 0) is 7.05 Å². The third-order valence-electron chi connectivity index (χ3n) is 2.39. The van der Waals surface area contributed by atoms with Crippen LogP contribution >= 0.6 is 0 Å². The minimum Gasteiger partial charge on any atom is -0.496 e. The van der Waals surface area contributed by atoms with E-state index in [0.717, 1.165) is 11.1 Å². The molecule has 0 spiro atoms. The molecule has 0 aliphatic heterocycles. The molecule has 0 aliphatic rings. The van der Waals surface area contributed by atoms with E-state index in [1.54, 1.807) is 21.3 Å². The van der Waals surface area contributed by atoms with Gasteiger partial charge in [0.25, 0.3) is 0 Å². The van der Waals surface area contributed by atoms with Crippen LogP contribution in [0, 0.1) is 0 Å². The van der Waals surface area contributed by atoms with Crippen molar-refractivity contribution < 1.29 is 14.6 Å². The van der Waals surface area contributed by atoms with Crippen molar-refractivity contribution in [1.29, 1.82) is 0 Å². The zero-order valence-electron chi connectivity index (χ0n) is 9.99. The van der Waals surface area contributed by atoms with Crippen molar-refractivity contribution >= 4 is 0 Å². The highest BCUT2D eigenvalue weighted by molar-refractivity contribution is 5.42. The molecule has 4 nitrogen and oxygen atoms in total. The minimum atomic E-state index is -0.572. The van der Waals surface area contributed by atoms with E-state index < -0.39 is 6.10 Å². The van der Waals surface area contributed by atoms with Crippen LogP contribution in [0.3, 0.4) is 0 Å². The topological polar surface area (TPSA) is 50.7 Å². The van der Waals surface area contributed by atoms with Crippen LogP contribution in [0.2, 0.25) is 0 Å². The quantitative estimate of drug-likeness (QED) is 0.761. The van der Waals surface area contributed by atoms with Gasteiger partial charge in [-0.25, -0.2) is 0 Å². The maximum Gasteiger partial charge on any atom is 0.130 e. The fourth-order valence-corrected chi connectivity index (χ4v) is 1.69. The summed E-state index contributed by atoms with van der Waals surface area (Å²) in [6.45, 7) is 0.968. The molecule has 1 aromatic rings. The standard InChI is InChI=1S/C12H19NO3/c1-13-7-11(14)10-6-4-5-9(8-15-2)12(10)16-3/h4-6,11,13-14H,7-8H2,1-3H3. The second-order valence-electron chi connectivity index (χ2n) is 3.55. The van der Waals surface area contributed by atoms with Crippen LogP contribution in [0.1, 0.15) is 17.2 Å². The van der Waals surface area contributed by atoms with Gasteiger partial charge in [0, 0.05) is 24.8 Å². The first-order valence-corrected chi connectivity index (χ1v) is 5.22. The zero-order valence-corrected chi connectivity index (χ0v) is 9.99. The van der Waals surface area contributed by atoms with E-state index >= 15 is 0 Å². The monoisotopic (exact) mass is 225 g/mol. The van der Waals surface area contributed by atoms with Gasteiger partial charge in [-0.3, -0.25) is 0 Å². The van der Waals surface area contributed by atoms with Crippen molar-refractivity contribution in [2.24, 2.45) is 0 Å². The van der Waals surface area contributed by atoms with Gasteiger partial charge in [0.2, 0.25) is 0 Å². The summed E-state index contributed by atoms with van der Waals surface area (Å²) >= 11 is 0. The molecule has 0 saturated heterocycles. The number of ether oxygens (including phenoxy) is 2. The van der Waals surface area contributed by atoms with E-state index in [1.807, 2.05) is 18.2 Å². The first-order chi connectivity index (χ1) is 7.74. The zero-order chi connectivity index (χ0) is 12.0.